The van der Waals surface area contributed by atoms with Gasteiger partial charge in [0.25, 0.3) is 5.91 Å². The minimum atomic E-state index is -0.322. The van der Waals surface area contributed by atoms with Crippen molar-refractivity contribution in [2.24, 2.45) is 0 Å². The van der Waals surface area contributed by atoms with Crippen molar-refractivity contribution in [2.75, 3.05) is 11.9 Å². The van der Waals surface area contributed by atoms with E-state index in [4.69, 9.17) is 28.3 Å². The molecule has 2 rings (SSSR count). The Morgan fingerprint density at radius 3 is 2.03 bits per heavy atom. The Bertz CT molecular complexity index is 949. The van der Waals surface area contributed by atoms with Crippen LogP contribution in [0.25, 0.3) is 0 Å². The van der Waals surface area contributed by atoms with Gasteiger partial charge < -0.3 is 10.2 Å². The summed E-state index contributed by atoms with van der Waals surface area (Å²) in [6.45, 7) is 15.9. The molecule has 0 saturated heterocycles. The summed E-state index contributed by atoms with van der Waals surface area (Å²) in [5.74, 6) is -0.0142. The number of aromatic nitrogens is 2. The Hall–Kier alpha value is -2.05. The predicted molar refractivity (Wildman–Crippen MR) is 127 cm³/mol. The number of hydrogen-bond donors (Lipinski definition) is 1. The molecule has 0 bridgehead atoms. The summed E-state index contributed by atoms with van der Waals surface area (Å²) in [5.41, 5.74) is 0.732. The van der Waals surface area contributed by atoms with E-state index >= 15 is 0 Å². The Labute approximate surface area is 194 Å². The van der Waals surface area contributed by atoms with E-state index in [-0.39, 0.29) is 35.4 Å². The van der Waals surface area contributed by atoms with Gasteiger partial charge in [0.2, 0.25) is 5.91 Å². The van der Waals surface area contributed by atoms with Gasteiger partial charge in [0.1, 0.15) is 12.4 Å². The number of rotatable bonds is 5. The molecule has 0 saturated carbocycles. The molecule has 0 atom stereocenters. The van der Waals surface area contributed by atoms with Gasteiger partial charge in [0.05, 0.1) is 11.2 Å². The zero-order chi connectivity index (χ0) is 23.7. The summed E-state index contributed by atoms with van der Waals surface area (Å²) < 4.78 is 1.81. The molecule has 2 amide bonds. The monoisotopic (exact) mass is 466 g/mol. The highest BCUT2D eigenvalue weighted by Crippen LogP contribution is 2.28. The molecule has 0 fully saturated rings. The van der Waals surface area contributed by atoms with Crippen molar-refractivity contribution in [2.45, 2.75) is 72.4 Å². The maximum atomic E-state index is 13.1. The largest absolute Gasteiger partial charge is 0.327 e. The molecule has 0 radical (unpaired) electrons. The number of anilines is 1. The van der Waals surface area contributed by atoms with Crippen molar-refractivity contribution < 1.29 is 9.59 Å². The van der Waals surface area contributed by atoms with Crippen LogP contribution in [0.5, 0.6) is 0 Å². The van der Waals surface area contributed by atoms with Crippen LogP contribution in [0, 0.1) is 0 Å². The number of carbonyl (C=O) groups excluding carboxylic acids is 2. The Morgan fingerprint density at radius 1 is 1.03 bits per heavy atom. The zero-order valence-corrected chi connectivity index (χ0v) is 21.0. The lowest BCUT2D eigenvalue weighted by molar-refractivity contribution is -0.117. The lowest BCUT2D eigenvalue weighted by Gasteiger charge is -2.27. The molecule has 1 N–H and O–H groups in total. The summed E-state index contributed by atoms with van der Waals surface area (Å²) in [6.07, 6.45) is 0. The predicted octanol–water partition coefficient (Wildman–Crippen LogP) is 5.73. The molecule has 8 heteroatoms. The third-order valence-corrected chi connectivity index (χ3v) is 5.12. The topological polar surface area (TPSA) is 67.2 Å². The molecule has 0 aliphatic heterocycles. The van der Waals surface area contributed by atoms with Crippen LogP contribution in [0.2, 0.25) is 10.0 Å². The lowest BCUT2D eigenvalue weighted by Crippen LogP contribution is -2.42. The van der Waals surface area contributed by atoms with Crippen LogP contribution >= 0.6 is 23.2 Å². The van der Waals surface area contributed by atoms with Crippen molar-refractivity contribution in [1.29, 1.82) is 0 Å². The van der Waals surface area contributed by atoms with E-state index in [1.54, 1.807) is 18.2 Å². The first-order valence-electron chi connectivity index (χ1n) is 10.3. The van der Waals surface area contributed by atoms with Crippen LogP contribution < -0.4 is 5.32 Å². The maximum absolute atomic E-state index is 13.1. The van der Waals surface area contributed by atoms with Gasteiger partial charge in [0.15, 0.2) is 0 Å². The molecular formula is C23H32Cl2N4O2. The minimum absolute atomic E-state index is 0.110. The van der Waals surface area contributed by atoms with E-state index in [1.807, 2.05) is 45.4 Å². The van der Waals surface area contributed by atoms with Gasteiger partial charge in [-0.25, -0.2) is 4.68 Å². The molecule has 0 aliphatic carbocycles. The van der Waals surface area contributed by atoms with E-state index in [0.29, 0.717) is 21.4 Å². The fraction of sp³-hybridized carbons (Fsp3) is 0.522. The average molecular weight is 467 g/mol. The van der Waals surface area contributed by atoms with Crippen LogP contribution in [0.1, 0.15) is 71.4 Å². The number of hydrogen-bond acceptors (Lipinski definition) is 3. The first-order valence-corrected chi connectivity index (χ1v) is 11.0. The van der Waals surface area contributed by atoms with Crippen molar-refractivity contribution in [3.63, 3.8) is 0 Å². The second kappa shape index (κ2) is 9.21. The summed E-state index contributed by atoms with van der Waals surface area (Å²) in [5, 5.41) is 8.39. The van der Waals surface area contributed by atoms with Crippen molar-refractivity contribution in [1.82, 2.24) is 14.7 Å². The first-order chi connectivity index (χ1) is 14.1. The van der Waals surface area contributed by atoms with Gasteiger partial charge in [-0.2, -0.15) is 5.10 Å². The molecular weight excluding hydrogens is 435 g/mol. The van der Waals surface area contributed by atoms with Gasteiger partial charge in [-0.05, 0) is 52.8 Å². The Balaban J connectivity index is 2.28. The Morgan fingerprint density at radius 2 is 1.58 bits per heavy atom. The molecule has 31 heavy (non-hydrogen) atoms. The van der Waals surface area contributed by atoms with Gasteiger partial charge in [-0.3, -0.25) is 9.59 Å². The quantitative estimate of drug-likeness (QED) is 0.611. The third-order valence-electron chi connectivity index (χ3n) is 4.69. The third kappa shape index (κ3) is 6.47. The van der Waals surface area contributed by atoms with E-state index in [0.717, 1.165) is 5.69 Å². The maximum Gasteiger partial charge on any atom is 0.254 e. The average Bonchev–Trinajstić information content (AvgIpc) is 3.02. The highest BCUT2D eigenvalue weighted by Gasteiger charge is 2.27. The normalized spacial score (nSPS) is 12.2. The molecule has 170 valence electrons. The standard InChI is InChI=1S/C23H32Cl2N4O2/c1-14(2)28(21(31)15-9-16(24)11-17(25)10-15)13-20(30)26-19-12-18(22(3,4)5)27-29(19)23(6,7)8/h9-12,14H,13H2,1-8H3,(H,26,30). The second-order valence-corrected chi connectivity index (χ2v) is 10.9. The van der Waals surface area contributed by atoms with Crippen LogP contribution in [0.15, 0.2) is 24.3 Å². The fourth-order valence-electron chi connectivity index (χ4n) is 3.02. The summed E-state index contributed by atoms with van der Waals surface area (Å²) >= 11 is 12.1. The smallest absolute Gasteiger partial charge is 0.254 e. The number of nitrogens with one attached hydrogen (secondary N) is 1. The second-order valence-electron chi connectivity index (χ2n) is 9.98. The van der Waals surface area contributed by atoms with Gasteiger partial charge in [0, 0.05) is 33.1 Å². The van der Waals surface area contributed by atoms with Crippen LogP contribution in [0.3, 0.4) is 0 Å². The van der Waals surface area contributed by atoms with Crippen LogP contribution in [0.4, 0.5) is 5.82 Å². The van der Waals surface area contributed by atoms with E-state index < -0.39 is 0 Å². The van der Waals surface area contributed by atoms with Crippen LogP contribution in [-0.2, 0) is 15.7 Å². The molecule has 1 heterocycles. The SMILES string of the molecule is CC(C)N(CC(=O)Nc1cc(C(C)(C)C)nn1C(C)(C)C)C(=O)c1cc(Cl)cc(Cl)c1. The van der Waals surface area contributed by atoms with Crippen molar-refractivity contribution in [3.8, 4) is 0 Å². The first kappa shape index (κ1) is 25.2. The molecule has 1 aromatic heterocycles. The number of halogens is 2. The van der Waals surface area contributed by atoms with E-state index in [1.165, 1.54) is 4.90 Å². The Kier molecular flexibility index (Phi) is 7.49. The summed E-state index contributed by atoms with van der Waals surface area (Å²) in [6, 6.07) is 6.35. The van der Waals surface area contributed by atoms with Gasteiger partial charge >= 0.3 is 0 Å². The lowest BCUT2D eigenvalue weighted by atomic mass is 9.92. The van der Waals surface area contributed by atoms with E-state index in [9.17, 15) is 9.59 Å². The molecule has 0 aliphatic rings. The fourth-order valence-corrected chi connectivity index (χ4v) is 3.54. The zero-order valence-electron chi connectivity index (χ0n) is 19.5. The van der Waals surface area contributed by atoms with Crippen molar-refractivity contribution >= 4 is 40.8 Å². The van der Waals surface area contributed by atoms with Crippen LogP contribution in [-0.4, -0.2) is 39.1 Å². The molecule has 2 aromatic rings. The van der Waals surface area contributed by atoms with E-state index in [2.05, 4.69) is 26.1 Å². The number of amides is 2. The molecule has 6 nitrogen and oxygen atoms in total. The number of carbonyl (C=O) groups is 2. The van der Waals surface area contributed by atoms with Crippen molar-refractivity contribution in [3.05, 3.63) is 45.6 Å². The van der Waals surface area contributed by atoms with Gasteiger partial charge in [-0.1, -0.05) is 44.0 Å². The number of nitrogens with zero attached hydrogens (tertiary/aromatic N) is 3. The molecule has 0 spiro atoms. The summed E-state index contributed by atoms with van der Waals surface area (Å²) in [7, 11) is 0. The minimum Gasteiger partial charge on any atom is -0.327 e. The summed E-state index contributed by atoms with van der Waals surface area (Å²) in [4.78, 5) is 27.5. The molecule has 0 unspecified atom stereocenters. The number of benzene rings is 1. The highest BCUT2D eigenvalue weighted by atomic mass is 35.5. The molecule has 1 aromatic carbocycles. The highest BCUT2D eigenvalue weighted by molar-refractivity contribution is 6.35. The van der Waals surface area contributed by atoms with Gasteiger partial charge in [-0.15, -0.1) is 0 Å².